The molecule has 1 atom stereocenters. The molecule has 0 radical (unpaired) electrons. The smallest absolute Gasteiger partial charge is 0.268 e. The number of carbonyl (C=O) groups excluding carboxylic acids is 2. The molecule has 2 aliphatic rings. The molecule has 1 saturated heterocycles. The second kappa shape index (κ2) is 6.72. The first-order chi connectivity index (χ1) is 12.5. The Morgan fingerprint density at radius 3 is 2.81 bits per heavy atom. The molecular weight excluding hydrogens is 350 g/mol. The van der Waals surface area contributed by atoms with E-state index in [2.05, 4.69) is 4.98 Å². The van der Waals surface area contributed by atoms with Gasteiger partial charge in [0, 0.05) is 24.0 Å². The van der Waals surface area contributed by atoms with Gasteiger partial charge in [-0.2, -0.15) is 0 Å². The lowest BCUT2D eigenvalue weighted by molar-refractivity contribution is -0.132. The van der Waals surface area contributed by atoms with Crippen LogP contribution in [-0.2, 0) is 9.59 Å². The van der Waals surface area contributed by atoms with E-state index < -0.39 is 6.10 Å². The molecule has 2 aromatic rings. The number of thiazole rings is 1. The van der Waals surface area contributed by atoms with Crippen LogP contribution in [0.1, 0.15) is 24.8 Å². The van der Waals surface area contributed by atoms with Crippen molar-refractivity contribution in [2.75, 3.05) is 24.5 Å². The van der Waals surface area contributed by atoms with Crippen molar-refractivity contribution >= 4 is 28.8 Å². The average Bonchev–Trinajstić information content (AvgIpc) is 3.30. The number of ether oxygens (including phenoxy) is 1. The van der Waals surface area contributed by atoms with Gasteiger partial charge in [0.1, 0.15) is 12.3 Å². The van der Waals surface area contributed by atoms with Crippen molar-refractivity contribution in [2.45, 2.75) is 32.8 Å². The lowest BCUT2D eigenvalue weighted by Crippen LogP contribution is -2.49. The Bertz CT molecular complexity index is 857. The molecule has 7 heteroatoms. The van der Waals surface area contributed by atoms with Gasteiger partial charge in [0.15, 0.2) is 6.10 Å². The summed E-state index contributed by atoms with van der Waals surface area (Å²) in [7, 11) is 0. The van der Waals surface area contributed by atoms with Crippen LogP contribution >= 0.6 is 11.3 Å². The number of nitrogens with zero attached hydrogens (tertiary/aromatic N) is 3. The molecule has 1 fully saturated rings. The third kappa shape index (κ3) is 3.07. The normalized spacial score (nSPS) is 19.5. The molecule has 0 spiro atoms. The zero-order valence-electron chi connectivity index (χ0n) is 14.9. The van der Waals surface area contributed by atoms with Crippen molar-refractivity contribution in [1.82, 2.24) is 9.88 Å². The van der Waals surface area contributed by atoms with Crippen molar-refractivity contribution in [3.63, 3.8) is 0 Å². The fourth-order valence-corrected chi connectivity index (χ4v) is 4.05. The van der Waals surface area contributed by atoms with Gasteiger partial charge in [-0.05, 0) is 44.9 Å². The maximum atomic E-state index is 12.7. The van der Waals surface area contributed by atoms with Gasteiger partial charge >= 0.3 is 0 Å². The number of hydrogen-bond donors (Lipinski definition) is 0. The number of aromatic nitrogens is 1. The molecule has 6 nitrogen and oxygen atoms in total. The second-order valence-electron chi connectivity index (χ2n) is 6.71. The first kappa shape index (κ1) is 17.0. The number of amides is 2. The van der Waals surface area contributed by atoms with E-state index in [1.165, 1.54) is 0 Å². The molecule has 0 aliphatic carbocycles. The van der Waals surface area contributed by atoms with Crippen molar-refractivity contribution < 1.29 is 14.3 Å². The van der Waals surface area contributed by atoms with Crippen LogP contribution in [0.25, 0.3) is 11.3 Å². The number of likely N-dealkylation sites (tertiary alicyclic amines) is 1. The van der Waals surface area contributed by atoms with Crippen molar-refractivity contribution in [3.8, 4) is 17.0 Å². The highest BCUT2D eigenvalue weighted by atomic mass is 32.1. The minimum atomic E-state index is -0.596. The molecule has 1 unspecified atom stereocenters. The highest BCUT2D eigenvalue weighted by Crippen LogP contribution is 2.37. The van der Waals surface area contributed by atoms with Crippen LogP contribution in [0.4, 0.5) is 5.69 Å². The molecule has 0 saturated carbocycles. The standard InChI is InChI=1S/C19H21N3O3S/c1-12-19(24)22(10-18(23)21-7-3-4-8-21)16-9-14(5-6-17(16)25-12)15-11-26-13(2)20-15/h5-6,9,11-12H,3-4,7-8,10H2,1-2H3. The van der Waals surface area contributed by atoms with Gasteiger partial charge in [0.05, 0.1) is 16.4 Å². The van der Waals surface area contributed by atoms with Gasteiger partial charge in [-0.15, -0.1) is 11.3 Å². The zero-order valence-corrected chi connectivity index (χ0v) is 15.7. The fourth-order valence-electron chi connectivity index (χ4n) is 3.43. The number of carbonyl (C=O) groups is 2. The Morgan fingerprint density at radius 1 is 1.35 bits per heavy atom. The Labute approximate surface area is 156 Å². The molecule has 3 heterocycles. The summed E-state index contributed by atoms with van der Waals surface area (Å²) in [4.78, 5) is 33.2. The average molecular weight is 371 g/mol. The number of rotatable bonds is 3. The van der Waals surface area contributed by atoms with E-state index in [9.17, 15) is 9.59 Å². The summed E-state index contributed by atoms with van der Waals surface area (Å²) in [5.41, 5.74) is 2.42. The number of anilines is 1. The van der Waals surface area contributed by atoms with E-state index in [0.717, 1.165) is 42.2 Å². The van der Waals surface area contributed by atoms with Gasteiger partial charge in [-0.3, -0.25) is 14.5 Å². The van der Waals surface area contributed by atoms with Gasteiger partial charge in [0.25, 0.3) is 5.91 Å². The second-order valence-corrected chi connectivity index (χ2v) is 7.77. The van der Waals surface area contributed by atoms with E-state index in [-0.39, 0.29) is 18.4 Å². The minimum absolute atomic E-state index is 0.00851. The van der Waals surface area contributed by atoms with Crippen LogP contribution in [0.2, 0.25) is 0 Å². The number of aryl methyl sites for hydroxylation is 1. The Hall–Kier alpha value is -2.41. The predicted molar refractivity (Wildman–Crippen MR) is 101 cm³/mol. The lowest BCUT2D eigenvalue weighted by Gasteiger charge is -2.33. The van der Waals surface area contributed by atoms with Crippen LogP contribution in [0.15, 0.2) is 23.6 Å². The maximum Gasteiger partial charge on any atom is 0.268 e. The quantitative estimate of drug-likeness (QED) is 0.832. The predicted octanol–water partition coefficient (Wildman–Crippen LogP) is 2.85. The molecule has 1 aromatic carbocycles. The molecule has 4 rings (SSSR count). The largest absolute Gasteiger partial charge is 0.479 e. The van der Waals surface area contributed by atoms with Crippen LogP contribution in [-0.4, -0.2) is 47.4 Å². The number of hydrogen-bond acceptors (Lipinski definition) is 5. The van der Waals surface area contributed by atoms with Crippen molar-refractivity contribution in [2.24, 2.45) is 0 Å². The summed E-state index contributed by atoms with van der Waals surface area (Å²) in [6.45, 7) is 5.28. The summed E-state index contributed by atoms with van der Waals surface area (Å²) in [6.07, 6.45) is 1.47. The molecule has 0 bridgehead atoms. The highest BCUT2D eigenvalue weighted by molar-refractivity contribution is 7.09. The van der Waals surface area contributed by atoms with Crippen LogP contribution < -0.4 is 9.64 Å². The van der Waals surface area contributed by atoms with E-state index in [1.54, 1.807) is 23.2 Å². The van der Waals surface area contributed by atoms with Gasteiger partial charge < -0.3 is 9.64 Å². The topological polar surface area (TPSA) is 62.7 Å². The zero-order chi connectivity index (χ0) is 18.3. The lowest BCUT2D eigenvalue weighted by atomic mass is 10.1. The third-order valence-corrected chi connectivity index (χ3v) is 5.61. The fraction of sp³-hybridized carbons (Fsp3) is 0.421. The molecule has 136 valence electrons. The summed E-state index contributed by atoms with van der Waals surface area (Å²) < 4.78 is 5.74. The first-order valence-corrected chi connectivity index (χ1v) is 9.73. The minimum Gasteiger partial charge on any atom is -0.479 e. The summed E-state index contributed by atoms with van der Waals surface area (Å²) in [5.74, 6) is 0.435. The van der Waals surface area contributed by atoms with Gasteiger partial charge in [-0.25, -0.2) is 4.98 Å². The number of benzene rings is 1. The van der Waals surface area contributed by atoms with Gasteiger partial charge in [0.2, 0.25) is 5.91 Å². The van der Waals surface area contributed by atoms with Crippen molar-refractivity contribution in [3.05, 3.63) is 28.6 Å². The van der Waals surface area contributed by atoms with Crippen LogP contribution in [0, 0.1) is 6.92 Å². The van der Waals surface area contributed by atoms with Crippen molar-refractivity contribution in [1.29, 1.82) is 0 Å². The Kier molecular flexibility index (Phi) is 4.40. The van der Waals surface area contributed by atoms with Gasteiger partial charge in [-0.1, -0.05) is 0 Å². The molecule has 26 heavy (non-hydrogen) atoms. The van der Waals surface area contributed by atoms with E-state index in [4.69, 9.17) is 4.74 Å². The molecule has 2 aliphatic heterocycles. The molecule has 2 amide bonds. The Morgan fingerprint density at radius 2 is 2.12 bits per heavy atom. The first-order valence-electron chi connectivity index (χ1n) is 8.85. The van der Waals surface area contributed by atoms with E-state index in [0.29, 0.717) is 11.4 Å². The monoisotopic (exact) mass is 371 g/mol. The molecular formula is C19H21N3O3S. The maximum absolute atomic E-state index is 12.7. The van der Waals surface area contributed by atoms with Crippen LogP contribution in [0.3, 0.4) is 0 Å². The van der Waals surface area contributed by atoms with E-state index >= 15 is 0 Å². The molecule has 0 N–H and O–H groups in total. The Balaban J connectivity index is 1.67. The van der Waals surface area contributed by atoms with E-state index in [1.807, 2.05) is 35.4 Å². The highest BCUT2D eigenvalue weighted by Gasteiger charge is 2.34. The summed E-state index contributed by atoms with van der Waals surface area (Å²) in [5, 5.41) is 2.98. The summed E-state index contributed by atoms with van der Waals surface area (Å²) in [6, 6.07) is 5.69. The number of fused-ring (bicyclic) bond motifs is 1. The molecule has 1 aromatic heterocycles. The summed E-state index contributed by atoms with van der Waals surface area (Å²) >= 11 is 1.58. The SMILES string of the molecule is Cc1nc(-c2ccc3c(c2)N(CC(=O)N2CCCC2)C(=O)C(C)O3)cs1. The third-order valence-electron chi connectivity index (χ3n) is 4.83. The van der Waals surface area contributed by atoms with Crippen LogP contribution in [0.5, 0.6) is 5.75 Å².